The van der Waals surface area contributed by atoms with Crippen molar-refractivity contribution >= 4 is 16.9 Å². The van der Waals surface area contributed by atoms with E-state index in [0.717, 1.165) is 10.9 Å². The van der Waals surface area contributed by atoms with Gasteiger partial charge in [0.1, 0.15) is 5.58 Å². The maximum atomic E-state index is 10.8. The lowest BCUT2D eigenvalue weighted by molar-refractivity contribution is 0.0976. The summed E-state index contributed by atoms with van der Waals surface area (Å²) in [6, 6.07) is 7.14. The normalized spacial score (nSPS) is 10.6. The molecule has 1 aromatic carbocycles. The molecule has 14 heavy (non-hydrogen) atoms. The molecule has 0 unspecified atom stereocenters. The Balaban J connectivity index is 2.60. The van der Waals surface area contributed by atoms with Crippen LogP contribution in [-0.2, 0) is 6.54 Å². The van der Waals surface area contributed by atoms with Crippen molar-refractivity contribution in [1.82, 2.24) is 0 Å². The molecule has 0 aliphatic rings. The van der Waals surface area contributed by atoms with E-state index in [1.807, 2.05) is 12.1 Å². The SMILES string of the molecule is NCc1ccc2oc(C(N)=O)cc2c1. The standard InChI is InChI=1S/C10H10N2O2/c11-5-6-1-2-8-7(3-6)4-9(14-8)10(12)13/h1-4H,5,11H2,(H2,12,13). The highest BCUT2D eigenvalue weighted by Gasteiger charge is 2.08. The van der Waals surface area contributed by atoms with Crippen LogP contribution in [0.1, 0.15) is 16.1 Å². The Morgan fingerprint density at radius 3 is 2.79 bits per heavy atom. The van der Waals surface area contributed by atoms with E-state index in [4.69, 9.17) is 15.9 Å². The molecule has 2 aromatic rings. The molecule has 1 heterocycles. The lowest BCUT2D eigenvalue weighted by atomic mass is 10.1. The summed E-state index contributed by atoms with van der Waals surface area (Å²) in [5.41, 5.74) is 12.2. The van der Waals surface area contributed by atoms with Crippen LogP contribution in [0.2, 0.25) is 0 Å². The number of furan rings is 1. The Morgan fingerprint density at radius 2 is 2.14 bits per heavy atom. The molecule has 1 amide bonds. The van der Waals surface area contributed by atoms with Crippen molar-refractivity contribution < 1.29 is 9.21 Å². The number of amides is 1. The van der Waals surface area contributed by atoms with E-state index in [-0.39, 0.29) is 5.76 Å². The van der Waals surface area contributed by atoms with Crippen LogP contribution >= 0.6 is 0 Å². The fraction of sp³-hybridized carbons (Fsp3) is 0.100. The monoisotopic (exact) mass is 190 g/mol. The van der Waals surface area contributed by atoms with Crippen LogP contribution in [0.5, 0.6) is 0 Å². The maximum Gasteiger partial charge on any atom is 0.284 e. The van der Waals surface area contributed by atoms with Crippen molar-refractivity contribution in [2.75, 3.05) is 0 Å². The fourth-order valence-corrected chi connectivity index (χ4v) is 1.34. The molecule has 72 valence electrons. The molecule has 0 bridgehead atoms. The molecule has 4 heteroatoms. The van der Waals surface area contributed by atoms with Gasteiger partial charge in [0.2, 0.25) is 0 Å². The number of hydrogen-bond acceptors (Lipinski definition) is 3. The number of hydrogen-bond donors (Lipinski definition) is 2. The first-order valence-corrected chi connectivity index (χ1v) is 4.23. The average molecular weight is 190 g/mol. The molecule has 0 atom stereocenters. The summed E-state index contributed by atoms with van der Waals surface area (Å²) in [6.07, 6.45) is 0. The largest absolute Gasteiger partial charge is 0.451 e. The van der Waals surface area contributed by atoms with Gasteiger partial charge >= 0.3 is 0 Å². The van der Waals surface area contributed by atoms with E-state index < -0.39 is 5.91 Å². The molecule has 0 aliphatic carbocycles. The third-order valence-electron chi connectivity index (χ3n) is 2.06. The number of fused-ring (bicyclic) bond motifs is 1. The lowest BCUT2D eigenvalue weighted by Crippen LogP contribution is -2.08. The molecule has 0 saturated heterocycles. The highest BCUT2D eigenvalue weighted by Crippen LogP contribution is 2.20. The van der Waals surface area contributed by atoms with E-state index >= 15 is 0 Å². The third-order valence-corrected chi connectivity index (χ3v) is 2.06. The molecule has 1 aromatic heterocycles. The van der Waals surface area contributed by atoms with Crippen LogP contribution in [0.4, 0.5) is 0 Å². The summed E-state index contributed by atoms with van der Waals surface area (Å²) in [5, 5.41) is 0.849. The molecule has 4 N–H and O–H groups in total. The van der Waals surface area contributed by atoms with Gasteiger partial charge in [0, 0.05) is 11.9 Å². The highest BCUT2D eigenvalue weighted by atomic mass is 16.3. The maximum absolute atomic E-state index is 10.8. The molecule has 0 aliphatic heterocycles. The minimum absolute atomic E-state index is 0.175. The van der Waals surface area contributed by atoms with Crippen molar-refractivity contribution in [2.45, 2.75) is 6.54 Å². The molecule has 0 fully saturated rings. The number of nitrogens with two attached hydrogens (primary N) is 2. The van der Waals surface area contributed by atoms with Crippen molar-refractivity contribution in [3.63, 3.8) is 0 Å². The van der Waals surface area contributed by atoms with Crippen LogP contribution in [-0.4, -0.2) is 5.91 Å². The Labute approximate surface area is 80.5 Å². The van der Waals surface area contributed by atoms with Gasteiger partial charge in [-0.05, 0) is 23.8 Å². The first-order chi connectivity index (χ1) is 6.70. The fourth-order valence-electron chi connectivity index (χ4n) is 1.34. The first kappa shape index (κ1) is 8.77. The van der Waals surface area contributed by atoms with E-state index in [2.05, 4.69) is 0 Å². The zero-order valence-electron chi connectivity index (χ0n) is 7.49. The topological polar surface area (TPSA) is 82.2 Å². The van der Waals surface area contributed by atoms with Gasteiger partial charge in [0.05, 0.1) is 0 Å². The predicted molar refractivity (Wildman–Crippen MR) is 52.6 cm³/mol. The van der Waals surface area contributed by atoms with Crippen LogP contribution in [0.25, 0.3) is 11.0 Å². The van der Waals surface area contributed by atoms with Gasteiger partial charge in [-0.2, -0.15) is 0 Å². The first-order valence-electron chi connectivity index (χ1n) is 4.23. The van der Waals surface area contributed by atoms with Crippen LogP contribution in [0, 0.1) is 0 Å². The summed E-state index contributed by atoms with van der Waals surface area (Å²) < 4.78 is 5.21. The molecule has 0 spiro atoms. The quantitative estimate of drug-likeness (QED) is 0.740. The minimum atomic E-state index is -0.560. The predicted octanol–water partition coefficient (Wildman–Crippen LogP) is 0.990. The Morgan fingerprint density at radius 1 is 1.36 bits per heavy atom. The summed E-state index contributed by atoms with van der Waals surface area (Å²) in [6.45, 7) is 0.465. The van der Waals surface area contributed by atoms with E-state index in [0.29, 0.717) is 12.1 Å². The van der Waals surface area contributed by atoms with Gasteiger partial charge in [-0.25, -0.2) is 0 Å². The number of primary amides is 1. The van der Waals surface area contributed by atoms with Crippen LogP contribution in [0.3, 0.4) is 0 Å². The number of carbonyl (C=O) groups is 1. The minimum Gasteiger partial charge on any atom is -0.451 e. The van der Waals surface area contributed by atoms with Crippen LogP contribution in [0.15, 0.2) is 28.7 Å². The van der Waals surface area contributed by atoms with Gasteiger partial charge in [-0.1, -0.05) is 6.07 Å². The lowest BCUT2D eigenvalue weighted by Gasteiger charge is -1.93. The molecule has 0 saturated carbocycles. The Hall–Kier alpha value is -1.81. The summed E-state index contributed by atoms with van der Waals surface area (Å²) in [7, 11) is 0. The molecular formula is C10H10N2O2. The van der Waals surface area contributed by atoms with Crippen molar-refractivity contribution in [3.8, 4) is 0 Å². The Kier molecular flexibility index (Phi) is 1.98. The van der Waals surface area contributed by atoms with Gasteiger partial charge in [-0.15, -0.1) is 0 Å². The zero-order chi connectivity index (χ0) is 10.1. The van der Waals surface area contributed by atoms with Gasteiger partial charge in [0.15, 0.2) is 5.76 Å². The second kappa shape index (κ2) is 3.16. The number of carbonyl (C=O) groups excluding carboxylic acids is 1. The second-order valence-corrected chi connectivity index (χ2v) is 3.05. The zero-order valence-corrected chi connectivity index (χ0v) is 7.49. The van der Waals surface area contributed by atoms with E-state index in [1.54, 1.807) is 12.1 Å². The summed E-state index contributed by atoms with van der Waals surface area (Å²) in [4.78, 5) is 10.8. The van der Waals surface area contributed by atoms with Gasteiger partial charge in [-0.3, -0.25) is 4.79 Å². The highest BCUT2D eigenvalue weighted by molar-refractivity contribution is 5.95. The molecule has 0 radical (unpaired) electrons. The number of rotatable bonds is 2. The number of benzene rings is 1. The van der Waals surface area contributed by atoms with E-state index in [1.165, 1.54) is 0 Å². The van der Waals surface area contributed by atoms with Gasteiger partial charge in [0.25, 0.3) is 5.91 Å². The van der Waals surface area contributed by atoms with Crippen molar-refractivity contribution in [1.29, 1.82) is 0 Å². The van der Waals surface area contributed by atoms with Crippen molar-refractivity contribution in [3.05, 3.63) is 35.6 Å². The van der Waals surface area contributed by atoms with Gasteiger partial charge < -0.3 is 15.9 Å². The summed E-state index contributed by atoms with van der Waals surface area (Å²) in [5.74, 6) is -0.385. The van der Waals surface area contributed by atoms with Crippen LogP contribution < -0.4 is 11.5 Å². The molecule has 2 rings (SSSR count). The average Bonchev–Trinajstić information content (AvgIpc) is 2.59. The molecule has 4 nitrogen and oxygen atoms in total. The van der Waals surface area contributed by atoms with Crippen molar-refractivity contribution in [2.24, 2.45) is 11.5 Å². The molecular weight excluding hydrogens is 180 g/mol. The van der Waals surface area contributed by atoms with E-state index in [9.17, 15) is 4.79 Å². The summed E-state index contributed by atoms with van der Waals surface area (Å²) >= 11 is 0. The smallest absolute Gasteiger partial charge is 0.284 e. The third kappa shape index (κ3) is 1.36. The Bertz CT molecular complexity index is 488. The second-order valence-electron chi connectivity index (χ2n) is 3.05.